The fourth-order valence-corrected chi connectivity index (χ4v) is 5.36. The number of nitrogens with zero attached hydrogens (tertiary/aromatic N) is 1. The van der Waals surface area contributed by atoms with Crippen LogP contribution in [-0.4, -0.2) is 19.9 Å². The lowest BCUT2D eigenvalue weighted by Crippen LogP contribution is -2.18. The van der Waals surface area contributed by atoms with E-state index in [1.807, 2.05) is 12.3 Å². The lowest BCUT2D eigenvalue weighted by atomic mass is 10.3. The Hall–Kier alpha value is -0.960. The molecule has 0 spiro atoms. The minimum Gasteiger partial charge on any atom is -0.312 e. The maximum absolute atomic E-state index is 12.5. The van der Waals surface area contributed by atoms with E-state index in [2.05, 4.69) is 21.9 Å². The van der Waals surface area contributed by atoms with Gasteiger partial charge in [0.15, 0.2) is 5.13 Å². The Morgan fingerprint density at radius 2 is 2.15 bits per heavy atom. The Kier molecular flexibility index (Phi) is 5.14. The van der Waals surface area contributed by atoms with Crippen LogP contribution in [0.1, 0.15) is 23.8 Å². The van der Waals surface area contributed by atoms with Crippen LogP contribution < -0.4 is 10.0 Å². The topological polar surface area (TPSA) is 71.1 Å². The quantitative estimate of drug-likeness (QED) is 0.765. The first-order valence-electron chi connectivity index (χ1n) is 6.24. The molecule has 5 nitrogen and oxygen atoms in total. The zero-order valence-electron chi connectivity index (χ0n) is 11.3. The Bertz CT molecular complexity index is 648. The number of hydrogen-bond donors (Lipinski definition) is 2. The van der Waals surface area contributed by atoms with E-state index in [0.29, 0.717) is 16.6 Å². The molecule has 0 aliphatic heterocycles. The molecule has 0 aromatic carbocycles. The highest BCUT2D eigenvalue weighted by Crippen LogP contribution is 2.29. The molecular weight excluding hydrogens is 314 g/mol. The molecule has 2 aromatic heterocycles. The van der Waals surface area contributed by atoms with E-state index in [1.54, 1.807) is 11.6 Å². The van der Waals surface area contributed by atoms with Gasteiger partial charge < -0.3 is 5.32 Å². The second kappa shape index (κ2) is 6.66. The minimum absolute atomic E-state index is 0.376. The van der Waals surface area contributed by atoms with Gasteiger partial charge in [-0.2, -0.15) is 0 Å². The summed E-state index contributed by atoms with van der Waals surface area (Å²) in [6, 6.07) is 0. The fourth-order valence-electron chi connectivity index (χ4n) is 1.79. The van der Waals surface area contributed by atoms with Crippen LogP contribution in [0.25, 0.3) is 0 Å². The molecule has 0 aliphatic carbocycles. The van der Waals surface area contributed by atoms with Crippen LogP contribution in [0.3, 0.4) is 0 Å². The second-order valence-corrected chi connectivity index (χ2v) is 7.77. The molecule has 0 saturated heterocycles. The SMILES string of the molecule is CCCNCc1scc(C)c1S(=O)(=O)Nc1nccs1. The molecule has 2 heterocycles. The molecule has 0 aliphatic rings. The van der Waals surface area contributed by atoms with Crippen LogP contribution in [0.4, 0.5) is 5.13 Å². The van der Waals surface area contributed by atoms with Crippen LogP contribution >= 0.6 is 22.7 Å². The van der Waals surface area contributed by atoms with Crippen molar-refractivity contribution in [2.45, 2.75) is 31.7 Å². The van der Waals surface area contributed by atoms with Crippen molar-refractivity contribution in [2.24, 2.45) is 0 Å². The van der Waals surface area contributed by atoms with Crippen molar-refractivity contribution in [1.82, 2.24) is 10.3 Å². The predicted octanol–water partition coefficient (Wildman–Crippen LogP) is 2.81. The molecule has 0 fully saturated rings. The summed E-state index contributed by atoms with van der Waals surface area (Å²) in [7, 11) is -3.57. The number of thiazole rings is 1. The summed E-state index contributed by atoms with van der Waals surface area (Å²) < 4.78 is 27.5. The van der Waals surface area contributed by atoms with E-state index in [1.165, 1.54) is 22.7 Å². The van der Waals surface area contributed by atoms with Gasteiger partial charge in [0.1, 0.15) is 4.90 Å². The number of rotatable bonds is 7. The van der Waals surface area contributed by atoms with Gasteiger partial charge in [-0.05, 0) is 30.8 Å². The van der Waals surface area contributed by atoms with Crippen LogP contribution in [0.5, 0.6) is 0 Å². The summed E-state index contributed by atoms with van der Waals surface area (Å²) in [4.78, 5) is 5.17. The number of anilines is 1. The summed E-state index contributed by atoms with van der Waals surface area (Å²) in [5.74, 6) is 0. The van der Waals surface area contributed by atoms with Crippen molar-refractivity contribution >= 4 is 37.8 Å². The van der Waals surface area contributed by atoms with Gasteiger partial charge in [-0.3, -0.25) is 4.72 Å². The second-order valence-electron chi connectivity index (χ2n) is 4.29. The van der Waals surface area contributed by atoms with Gasteiger partial charge in [0.2, 0.25) is 0 Å². The molecule has 110 valence electrons. The molecule has 0 radical (unpaired) electrons. The molecular formula is C12H17N3O2S3. The molecule has 0 atom stereocenters. The van der Waals surface area contributed by atoms with E-state index < -0.39 is 10.0 Å². The maximum atomic E-state index is 12.5. The first kappa shape index (κ1) is 15.4. The third-order valence-corrected chi connectivity index (χ3v) is 6.24. The summed E-state index contributed by atoms with van der Waals surface area (Å²) in [6.07, 6.45) is 2.59. The van der Waals surface area contributed by atoms with E-state index >= 15 is 0 Å². The monoisotopic (exact) mass is 331 g/mol. The van der Waals surface area contributed by atoms with Gasteiger partial charge in [-0.25, -0.2) is 13.4 Å². The third-order valence-electron chi connectivity index (χ3n) is 2.62. The van der Waals surface area contributed by atoms with E-state index in [9.17, 15) is 8.42 Å². The zero-order chi connectivity index (χ0) is 14.6. The number of hydrogen-bond acceptors (Lipinski definition) is 6. The van der Waals surface area contributed by atoms with Crippen LogP contribution in [0.2, 0.25) is 0 Å². The maximum Gasteiger partial charge on any atom is 0.265 e. The number of nitrogens with one attached hydrogen (secondary N) is 2. The first-order chi connectivity index (χ1) is 9.54. The summed E-state index contributed by atoms with van der Waals surface area (Å²) in [5.41, 5.74) is 0.771. The van der Waals surface area contributed by atoms with E-state index in [-0.39, 0.29) is 0 Å². The zero-order valence-corrected chi connectivity index (χ0v) is 13.8. The molecule has 2 N–H and O–H groups in total. The van der Waals surface area contributed by atoms with Crippen molar-refractivity contribution < 1.29 is 8.42 Å². The molecule has 0 amide bonds. The summed E-state index contributed by atoms with van der Waals surface area (Å²) in [5, 5.41) is 7.25. The average molecular weight is 331 g/mol. The fraction of sp³-hybridized carbons (Fsp3) is 0.417. The van der Waals surface area contributed by atoms with Crippen molar-refractivity contribution in [3.05, 3.63) is 27.4 Å². The van der Waals surface area contributed by atoms with Gasteiger partial charge in [0.05, 0.1) is 0 Å². The Morgan fingerprint density at radius 3 is 2.80 bits per heavy atom. The number of sulfonamides is 1. The molecule has 8 heteroatoms. The first-order valence-corrected chi connectivity index (χ1v) is 9.49. The highest BCUT2D eigenvalue weighted by Gasteiger charge is 2.23. The number of aromatic nitrogens is 1. The smallest absolute Gasteiger partial charge is 0.265 e. The Balaban J connectivity index is 2.24. The van der Waals surface area contributed by atoms with Gasteiger partial charge in [0, 0.05) is 23.0 Å². The molecule has 2 rings (SSSR count). The molecule has 0 bridgehead atoms. The van der Waals surface area contributed by atoms with Crippen LogP contribution in [0.15, 0.2) is 21.9 Å². The van der Waals surface area contributed by atoms with Crippen molar-refractivity contribution in [1.29, 1.82) is 0 Å². The average Bonchev–Trinajstić information content (AvgIpc) is 2.99. The Morgan fingerprint density at radius 1 is 1.35 bits per heavy atom. The molecule has 20 heavy (non-hydrogen) atoms. The van der Waals surface area contributed by atoms with Crippen molar-refractivity contribution in [3.8, 4) is 0 Å². The summed E-state index contributed by atoms with van der Waals surface area (Å²) in [6.45, 7) is 5.33. The van der Waals surface area contributed by atoms with Gasteiger partial charge in [-0.1, -0.05) is 6.92 Å². The van der Waals surface area contributed by atoms with Crippen LogP contribution in [0, 0.1) is 6.92 Å². The largest absolute Gasteiger partial charge is 0.312 e. The number of thiophene rings is 1. The van der Waals surface area contributed by atoms with E-state index in [4.69, 9.17) is 0 Å². The highest BCUT2D eigenvalue weighted by molar-refractivity contribution is 7.93. The number of aryl methyl sites for hydroxylation is 1. The third kappa shape index (κ3) is 3.57. The lowest BCUT2D eigenvalue weighted by molar-refractivity contribution is 0.598. The van der Waals surface area contributed by atoms with Gasteiger partial charge >= 0.3 is 0 Å². The lowest BCUT2D eigenvalue weighted by Gasteiger charge is -2.08. The van der Waals surface area contributed by atoms with Crippen molar-refractivity contribution in [2.75, 3.05) is 11.3 Å². The molecule has 0 unspecified atom stereocenters. The highest BCUT2D eigenvalue weighted by atomic mass is 32.2. The van der Waals surface area contributed by atoms with Gasteiger partial charge in [0.25, 0.3) is 10.0 Å². The predicted molar refractivity (Wildman–Crippen MR) is 84.0 cm³/mol. The molecule has 0 saturated carbocycles. The standard InChI is InChI=1S/C12H17N3O2S3/c1-3-4-13-7-10-11(9(2)8-19-10)20(16,17)15-12-14-5-6-18-12/h5-6,8,13H,3-4,7H2,1-2H3,(H,14,15). The minimum atomic E-state index is -3.57. The molecule has 2 aromatic rings. The van der Waals surface area contributed by atoms with Gasteiger partial charge in [-0.15, -0.1) is 22.7 Å². The van der Waals surface area contributed by atoms with Crippen LogP contribution in [-0.2, 0) is 16.6 Å². The Labute approximate surface area is 127 Å². The normalized spacial score (nSPS) is 11.7. The van der Waals surface area contributed by atoms with E-state index in [0.717, 1.165) is 23.4 Å². The summed E-state index contributed by atoms with van der Waals surface area (Å²) >= 11 is 2.73. The van der Waals surface area contributed by atoms with Crippen molar-refractivity contribution in [3.63, 3.8) is 0 Å².